The number of rotatable bonds is 2. The molecule has 3 rings (SSSR count). The Morgan fingerprint density at radius 1 is 1.47 bits per heavy atom. The monoisotopic (exact) mass is 298 g/mol. The van der Waals surface area contributed by atoms with Gasteiger partial charge in [0.25, 0.3) is 5.91 Å². The van der Waals surface area contributed by atoms with Crippen LogP contribution >= 0.6 is 24.2 Å². The first kappa shape index (κ1) is 14.7. The number of carbonyl (C=O) groups excluding carboxylic acids is 1. The van der Waals surface area contributed by atoms with Crippen LogP contribution in [0.5, 0.6) is 0 Å². The molecule has 19 heavy (non-hydrogen) atoms. The predicted molar refractivity (Wildman–Crippen MR) is 81.5 cm³/mol. The van der Waals surface area contributed by atoms with Gasteiger partial charge in [0.15, 0.2) is 0 Å². The number of aryl methyl sites for hydroxylation is 1. The van der Waals surface area contributed by atoms with Gasteiger partial charge in [0, 0.05) is 24.5 Å². The number of fused-ring (bicyclic) bond motifs is 3. The van der Waals surface area contributed by atoms with Gasteiger partial charge in [-0.25, -0.2) is 0 Å². The highest BCUT2D eigenvalue weighted by molar-refractivity contribution is 7.98. The summed E-state index contributed by atoms with van der Waals surface area (Å²) in [7, 11) is 0. The minimum atomic E-state index is 0. The summed E-state index contributed by atoms with van der Waals surface area (Å²) >= 11 is 1.69. The largest absolute Gasteiger partial charge is 0.329 e. The van der Waals surface area contributed by atoms with E-state index in [1.807, 2.05) is 4.90 Å². The molecule has 1 aromatic carbocycles. The fourth-order valence-corrected chi connectivity index (χ4v) is 3.60. The molecule has 1 atom stereocenters. The minimum absolute atomic E-state index is 0. The Bertz CT molecular complexity index is 506. The highest BCUT2D eigenvalue weighted by Crippen LogP contribution is 2.39. The lowest BCUT2D eigenvalue weighted by Crippen LogP contribution is -2.44. The molecule has 2 aliphatic rings. The van der Waals surface area contributed by atoms with E-state index in [0.29, 0.717) is 0 Å². The van der Waals surface area contributed by atoms with Crippen LogP contribution in [0.2, 0.25) is 0 Å². The standard InChI is InChI=1S/C14H18N2OS.ClH/c1-3-9-6-10-11-8-15-4-5-16(11)14(17)13(10)12(7-9)18-2;/h6-7,11,15H,3-5,8H2,1-2H3;1H/t11-;/m1./s1. The van der Waals surface area contributed by atoms with E-state index in [9.17, 15) is 4.79 Å². The molecule has 0 aromatic heterocycles. The summed E-state index contributed by atoms with van der Waals surface area (Å²) in [5, 5.41) is 3.39. The molecule has 2 heterocycles. The molecule has 0 aliphatic carbocycles. The molecule has 5 heteroatoms. The molecule has 2 aliphatic heterocycles. The van der Waals surface area contributed by atoms with Crippen LogP contribution in [0.25, 0.3) is 0 Å². The van der Waals surface area contributed by atoms with Crippen molar-refractivity contribution in [2.24, 2.45) is 0 Å². The average molecular weight is 299 g/mol. The summed E-state index contributed by atoms with van der Waals surface area (Å²) < 4.78 is 0. The van der Waals surface area contributed by atoms with Crippen molar-refractivity contribution in [2.45, 2.75) is 24.3 Å². The van der Waals surface area contributed by atoms with E-state index in [2.05, 4.69) is 30.6 Å². The third-order valence-electron chi connectivity index (χ3n) is 3.90. The quantitative estimate of drug-likeness (QED) is 0.852. The molecule has 1 saturated heterocycles. The number of benzene rings is 1. The predicted octanol–water partition coefficient (Wildman–Crippen LogP) is 2.49. The fraction of sp³-hybridized carbons (Fsp3) is 0.500. The zero-order chi connectivity index (χ0) is 12.7. The lowest BCUT2D eigenvalue weighted by Gasteiger charge is -2.30. The van der Waals surface area contributed by atoms with Gasteiger partial charge in [-0.2, -0.15) is 0 Å². The Kier molecular flexibility index (Phi) is 4.43. The van der Waals surface area contributed by atoms with Crippen molar-refractivity contribution >= 4 is 30.1 Å². The number of nitrogens with one attached hydrogen (secondary N) is 1. The number of carbonyl (C=O) groups is 1. The lowest BCUT2D eigenvalue weighted by atomic mass is 9.99. The number of nitrogens with zero attached hydrogens (tertiary/aromatic N) is 1. The van der Waals surface area contributed by atoms with Crippen LogP contribution in [0, 0.1) is 0 Å². The Hall–Kier alpha value is -0.710. The highest BCUT2D eigenvalue weighted by atomic mass is 35.5. The van der Waals surface area contributed by atoms with E-state index < -0.39 is 0 Å². The fourth-order valence-electron chi connectivity index (χ4n) is 2.92. The number of piperazine rings is 1. The van der Waals surface area contributed by atoms with E-state index in [-0.39, 0.29) is 24.4 Å². The minimum Gasteiger partial charge on any atom is -0.329 e. The van der Waals surface area contributed by atoms with Gasteiger partial charge in [-0.15, -0.1) is 24.2 Å². The maximum Gasteiger partial charge on any atom is 0.255 e. The number of hydrogen-bond acceptors (Lipinski definition) is 3. The van der Waals surface area contributed by atoms with Crippen LogP contribution in [0.4, 0.5) is 0 Å². The number of halogens is 1. The zero-order valence-electron chi connectivity index (χ0n) is 11.2. The van der Waals surface area contributed by atoms with E-state index in [0.717, 1.165) is 36.5 Å². The Balaban J connectivity index is 0.00000133. The van der Waals surface area contributed by atoms with Gasteiger partial charge >= 0.3 is 0 Å². The third kappa shape index (κ3) is 2.26. The highest BCUT2D eigenvalue weighted by Gasteiger charge is 2.39. The van der Waals surface area contributed by atoms with E-state index in [4.69, 9.17) is 0 Å². The van der Waals surface area contributed by atoms with Crippen LogP contribution in [0.1, 0.15) is 34.5 Å². The van der Waals surface area contributed by atoms with Crippen molar-refractivity contribution in [1.82, 2.24) is 10.2 Å². The van der Waals surface area contributed by atoms with Crippen molar-refractivity contribution in [3.8, 4) is 0 Å². The van der Waals surface area contributed by atoms with E-state index in [1.54, 1.807) is 11.8 Å². The van der Waals surface area contributed by atoms with Crippen LogP contribution in [-0.2, 0) is 6.42 Å². The van der Waals surface area contributed by atoms with Gasteiger partial charge in [-0.05, 0) is 29.9 Å². The molecule has 1 N–H and O–H groups in total. The smallest absolute Gasteiger partial charge is 0.255 e. The Labute approximate surface area is 124 Å². The molecule has 0 radical (unpaired) electrons. The lowest BCUT2D eigenvalue weighted by molar-refractivity contribution is 0.0689. The van der Waals surface area contributed by atoms with Crippen molar-refractivity contribution in [3.63, 3.8) is 0 Å². The van der Waals surface area contributed by atoms with Crippen LogP contribution < -0.4 is 5.32 Å². The molecular weight excluding hydrogens is 280 g/mol. The first-order valence-corrected chi connectivity index (χ1v) is 7.71. The molecule has 1 fully saturated rings. The Morgan fingerprint density at radius 3 is 2.95 bits per heavy atom. The van der Waals surface area contributed by atoms with Gasteiger partial charge < -0.3 is 10.2 Å². The summed E-state index contributed by atoms with van der Waals surface area (Å²) in [5.74, 6) is 0.225. The number of thioether (sulfide) groups is 1. The summed E-state index contributed by atoms with van der Waals surface area (Å²) in [5.41, 5.74) is 3.52. The van der Waals surface area contributed by atoms with Crippen molar-refractivity contribution in [2.75, 3.05) is 25.9 Å². The van der Waals surface area contributed by atoms with Gasteiger partial charge in [-0.1, -0.05) is 13.0 Å². The summed E-state index contributed by atoms with van der Waals surface area (Å²) in [4.78, 5) is 15.7. The van der Waals surface area contributed by atoms with E-state index >= 15 is 0 Å². The van der Waals surface area contributed by atoms with Crippen LogP contribution in [0.3, 0.4) is 0 Å². The third-order valence-corrected chi connectivity index (χ3v) is 4.66. The molecule has 104 valence electrons. The normalized spacial score (nSPS) is 20.8. The maximum absolute atomic E-state index is 12.5. The molecule has 0 unspecified atom stereocenters. The molecule has 0 bridgehead atoms. The van der Waals surface area contributed by atoms with Gasteiger partial charge in [0.1, 0.15) is 0 Å². The zero-order valence-corrected chi connectivity index (χ0v) is 12.9. The Morgan fingerprint density at radius 2 is 2.26 bits per heavy atom. The maximum atomic E-state index is 12.5. The van der Waals surface area contributed by atoms with Crippen LogP contribution in [-0.4, -0.2) is 36.7 Å². The second-order valence-electron chi connectivity index (χ2n) is 4.83. The molecule has 0 spiro atoms. The van der Waals surface area contributed by atoms with Crippen LogP contribution in [0.15, 0.2) is 17.0 Å². The first-order valence-electron chi connectivity index (χ1n) is 6.48. The van der Waals surface area contributed by atoms with Gasteiger partial charge in [-0.3, -0.25) is 4.79 Å². The second-order valence-corrected chi connectivity index (χ2v) is 5.68. The molecule has 1 aromatic rings. The van der Waals surface area contributed by atoms with Gasteiger partial charge in [0.05, 0.1) is 11.6 Å². The molecule has 0 saturated carbocycles. The van der Waals surface area contributed by atoms with E-state index in [1.165, 1.54) is 11.1 Å². The molecular formula is C14H19ClN2OS. The number of amides is 1. The second kappa shape index (κ2) is 5.73. The summed E-state index contributed by atoms with van der Waals surface area (Å²) in [6.45, 7) is 4.79. The SMILES string of the molecule is CCc1cc(SC)c2c(c1)[C@H]1CNCCN1C2=O.Cl. The van der Waals surface area contributed by atoms with Crippen molar-refractivity contribution < 1.29 is 4.79 Å². The molecule has 3 nitrogen and oxygen atoms in total. The summed E-state index contributed by atoms with van der Waals surface area (Å²) in [6, 6.07) is 4.65. The van der Waals surface area contributed by atoms with Gasteiger partial charge in [0.2, 0.25) is 0 Å². The number of hydrogen-bond donors (Lipinski definition) is 1. The van der Waals surface area contributed by atoms with Crippen molar-refractivity contribution in [1.29, 1.82) is 0 Å². The average Bonchev–Trinajstić information content (AvgIpc) is 2.72. The van der Waals surface area contributed by atoms with Crippen molar-refractivity contribution in [3.05, 3.63) is 28.8 Å². The first-order chi connectivity index (χ1) is 8.76. The topological polar surface area (TPSA) is 32.3 Å². The summed E-state index contributed by atoms with van der Waals surface area (Å²) in [6.07, 6.45) is 3.08. The molecule has 1 amide bonds.